The van der Waals surface area contributed by atoms with Gasteiger partial charge in [-0.3, -0.25) is 4.79 Å². The molecule has 0 aliphatic rings. The Morgan fingerprint density at radius 2 is 1.43 bits per heavy atom. The van der Waals surface area contributed by atoms with Crippen LogP contribution in [0.4, 0.5) is 58.5 Å². The smallest absolute Gasteiger partial charge is 0.305 e. The highest BCUT2D eigenvalue weighted by Gasteiger charge is 2.89. The second-order valence-electron chi connectivity index (χ2n) is 5.39. The van der Waals surface area contributed by atoms with Gasteiger partial charge < -0.3 is 5.32 Å². The summed E-state index contributed by atoms with van der Waals surface area (Å²) in [6, 6.07) is 2.01. The number of rotatable bonds is 7. The number of alkyl halides is 12. The zero-order valence-electron chi connectivity index (χ0n) is 13.2. The van der Waals surface area contributed by atoms with Crippen LogP contribution in [0.5, 0.6) is 0 Å². The van der Waals surface area contributed by atoms with E-state index in [-0.39, 0.29) is 5.56 Å². The van der Waals surface area contributed by atoms with Crippen LogP contribution >= 0.6 is 0 Å². The number of nitrogens with one attached hydrogen (secondary N) is 1. The maximum absolute atomic E-state index is 13.6. The lowest BCUT2D eigenvalue weighted by atomic mass is 9.94. The van der Waals surface area contributed by atoms with E-state index in [1.165, 1.54) is 13.0 Å². The lowest BCUT2D eigenvalue weighted by Gasteiger charge is -2.38. The first-order valence-corrected chi connectivity index (χ1v) is 6.75. The molecule has 1 amide bonds. The number of anilines is 1. The molecule has 3 nitrogen and oxygen atoms in total. The topological polar surface area (TPSA) is 42.0 Å². The fourth-order valence-electron chi connectivity index (χ4n) is 1.68. The van der Waals surface area contributed by atoms with Crippen molar-refractivity contribution in [2.45, 2.75) is 43.0 Å². The van der Waals surface area contributed by atoms with Gasteiger partial charge in [-0.05, 0) is 24.6 Å². The molecule has 0 saturated carbocycles. The highest BCUT2D eigenvalue weighted by molar-refractivity contribution is 5.96. The van der Waals surface area contributed by atoms with Gasteiger partial charge in [0, 0.05) is 6.20 Å². The van der Waals surface area contributed by atoms with Gasteiger partial charge in [-0.1, -0.05) is 0 Å². The largest absolute Gasteiger partial charge is 0.393 e. The number of pyridine rings is 1. The quantitative estimate of drug-likeness (QED) is 0.626. The first kappa shape index (κ1) is 23.8. The molecule has 0 saturated heterocycles. The Kier molecular flexibility index (Phi) is 5.94. The summed E-state index contributed by atoms with van der Waals surface area (Å²) in [5.74, 6) is -41.0. The van der Waals surface area contributed by atoms with Gasteiger partial charge in [0.15, 0.2) is 0 Å². The molecule has 0 radical (unpaired) electrons. The molecule has 0 aromatic carbocycles. The minimum absolute atomic E-state index is 0.203. The second-order valence-corrected chi connectivity index (χ2v) is 5.39. The van der Waals surface area contributed by atoms with Crippen molar-refractivity contribution in [2.24, 2.45) is 0 Å². The Morgan fingerprint density at radius 1 is 0.929 bits per heavy atom. The van der Waals surface area contributed by atoms with Crippen molar-refractivity contribution >= 4 is 11.7 Å². The molecule has 0 atom stereocenters. The predicted octanol–water partition coefficient (Wildman–Crippen LogP) is 4.77. The van der Waals surface area contributed by atoms with Crippen LogP contribution in [0.15, 0.2) is 18.3 Å². The van der Waals surface area contributed by atoms with E-state index in [1.54, 1.807) is 0 Å². The first-order chi connectivity index (χ1) is 12.3. The molecule has 0 spiro atoms. The average molecular weight is 436 g/mol. The minimum Gasteiger partial charge on any atom is -0.305 e. The van der Waals surface area contributed by atoms with Crippen molar-refractivity contribution in [2.75, 3.05) is 5.32 Å². The van der Waals surface area contributed by atoms with Gasteiger partial charge in [-0.15, -0.1) is 0 Å². The summed E-state index contributed by atoms with van der Waals surface area (Å²) in [6.45, 7) is 1.30. The number of carbonyl (C=O) groups excluding carboxylic acids is 1. The van der Waals surface area contributed by atoms with E-state index in [0.29, 0.717) is 0 Å². The molecule has 1 heterocycles. The van der Waals surface area contributed by atoms with E-state index in [0.717, 1.165) is 17.6 Å². The van der Waals surface area contributed by atoms with Crippen molar-refractivity contribution < 1.29 is 57.5 Å². The van der Waals surface area contributed by atoms with Crippen molar-refractivity contribution in [1.29, 1.82) is 0 Å². The third kappa shape index (κ3) is 3.45. The number of hydrogen-bond acceptors (Lipinski definition) is 2. The SMILES string of the molecule is Cc1ccnc(NC(=O)C(F)(F)C(F)(F)C(F)(F)C(F)(F)C(F)(F)C(F)F)c1. The maximum atomic E-state index is 13.6. The molecular weight excluding hydrogens is 428 g/mol. The molecule has 15 heteroatoms. The number of carbonyl (C=O) groups is 1. The summed E-state index contributed by atoms with van der Waals surface area (Å²) in [5.41, 5.74) is 0.203. The van der Waals surface area contributed by atoms with Crippen LogP contribution in [0.3, 0.4) is 0 Å². The number of nitrogens with zero attached hydrogens (tertiary/aromatic N) is 1. The van der Waals surface area contributed by atoms with Crippen LogP contribution in [0, 0.1) is 6.92 Å². The van der Waals surface area contributed by atoms with E-state index in [1.807, 2.05) is 0 Å². The Hall–Kier alpha value is -2.22. The van der Waals surface area contributed by atoms with Crippen LogP contribution in [0.2, 0.25) is 0 Å². The molecule has 1 aromatic heterocycles. The summed E-state index contributed by atoms with van der Waals surface area (Å²) in [6.07, 6.45) is -4.75. The third-order valence-electron chi connectivity index (χ3n) is 3.32. The molecule has 1 rings (SSSR count). The maximum Gasteiger partial charge on any atom is 0.393 e. The molecule has 160 valence electrons. The molecule has 0 aliphatic carbocycles. The van der Waals surface area contributed by atoms with E-state index in [4.69, 9.17) is 0 Å². The number of aryl methyl sites for hydroxylation is 1. The summed E-state index contributed by atoms with van der Waals surface area (Å²) in [4.78, 5) is 14.4. The predicted molar refractivity (Wildman–Crippen MR) is 68.3 cm³/mol. The first-order valence-electron chi connectivity index (χ1n) is 6.75. The fourth-order valence-corrected chi connectivity index (χ4v) is 1.68. The van der Waals surface area contributed by atoms with E-state index < -0.39 is 47.8 Å². The number of aromatic nitrogens is 1. The Balaban J connectivity index is 3.34. The van der Waals surface area contributed by atoms with E-state index >= 15 is 0 Å². The molecule has 0 fully saturated rings. The van der Waals surface area contributed by atoms with E-state index in [2.05, 4.69) is 4.98 Å². The Morgan fingerprint density at radius 3 is 1.86 bits per heavy atom. The summed E-state index contributed by atoms with van der Waals surface area (Å²) in [7, 11) is 0. The zero-order valence-corrected chi connectivity index (χ0v) is 13.2. The van der Waals surface area contributed by atoms with Gasteiger partial charge in [0.1, 0.15) is 5.82 Å². The van der Waals surface area contributed by atoms with Crippen LogP contribution in [-0.4, -0.2) is 46.9 Å². The summed E-state index contributed by atoms with van der Waals surface area (Å²) < 4.78 is 156. The van der Waals surface area contributed by atoms with Crippen molar-refractivity contribution in [3.8, 4) is 0 Å². The minimum atomic E-state index is -7.76. The molecule has 0 bridgehead atoms. The molecule has 1 aromatic rings. The van der Waals surface area contributed by atoms with Gasteiger partial charge in [0.2, 0.25) is 0 Å². The third-order valence-corrected chi connectivity index (χ3v) is 3.32. The van der Waals surface area contributed by atoms with E-state index in [9.17, 15) is 57.5 Å². The standard InChI is InChI=1S/C13H8F12N2O/c1-5-2-3-26-6(4-5)27-8(28)10(18,19)12(22,23)13(24,25)11(20,21)9(16,17)7(14)15/h2-4,7H,1H3,(H,26,27,28). The molecule has 28 heavy (non-hydrogen) atoms. The van der Waals surface area contributed by atoms with Gasteiger partial charge >= 0.3 is 41.9 Å². The number of hydrogen-bond donors (Lipinski definition) is 1. The Labute approximate surface area is 147 Å². The van der Waals surface area contributed by atoms with Crippen molar-refractivity contribution in [1.82, 2.24) is 4.98 Å². The van der Waals surface area contributed by atoms with Gasteiger partial charge in [-0.2, -0.15) is 43.9 Å². The Bertz CT molecular complexity index is 734. The molecule has 1 N–H and O–H groups in total. The summed E-state index contributed by atoms with van der Waals surface area (Å²) >= 11 is 0. The molecular formula is C13H8F12N2O. The number of amides is 1. The normalized spacial score (nSPS) is 14.4. The highest BCUT2D eigenvalue weighted by atomic mass is 19.4. The number of halogens is 12. The zero-order chi connectivity index (χ0) is 22.3. The van der Waals surface area contributed by atoms with Gasteiger partial charge in [0.05, 0.1) is 0 Å². The lowest BCUT2D eigenvalue weighted by molar-refractivity contribution is -0.406. The fraction of sp³-hybridized carbons (Fsp3) is 0.538. The van der Waals surface area contributed by atoms with Gasteiger partial charge in [-0.25, -0.2) is 13.8 Å². The van der Waals surface area contributed by atoms with Crippen LogP contribution in [-0.2, 0) is 4.79 Å². The van der Waals surface area contributed by atoms with Crippen LogP contribution in [0.1, 0.15) is 5.56 Å². The highest BCUT2D eigenvalue weighted by Crippen LogP contribution is 2.58. The molecule has 0 unspecified atom stereocenters. The monoisotopic (exact) mass is 436 g/mol. The van der Waals surface area contributed by atoms with Crippen LogP contribution in [0.25, 0.3) is 0 Å². The lowest BCUT2D eigenvalue weighted by Crippen LogP contribution is -2.70. The van der Waals surface area contributed by atoms with Crippen molar-refractivity contribution in [3.63, 3.8) is 0 Å². The van der Waals surface area contributed by atoms with Crippen molar-refractivity contribution in [3.05, 3.63) is 23.9 Å². The van der Waals surface area contributed by atoms with Crippen LogP contribution < -0.4 is 5.32 Å². The average Bonchev–Trinajstić information content (AvgIpc) is 2.53. The second kappa shape index (κ2) is 6.99. The molecule has 0 aliphatic heterocycles. The summed E-state index contributed by atoms with van der Waals surface area (Å²) in [5, 5.41) is 0.920. The van der Waals surface area contributed by atoms with Gasteiger partial charge in [0.25, 0.3) is 0 Å².